The van der Waals surface area contributed by atoms with Gasteiger partial charge < -0.3 is 5.73 Å². The molecule has 0 aliphatic rings. The minimum absolute atomic E-state index is 0.184. The van der Waals surface area contributed by atoms with Crippen molar-refractivity contribution in [2.75, 3.05) is 0 Å². The molecule has 14 heavy (non-hydrogen) atoms. The van der Waals surface area contributed by atoms with Gasteiger partial charge in [0.1, 0.15) is 4.34 Å². The lowest BCUT2D eigenvalue weighted by atomic mass is 9.88. The van der Waals surface area contributed by atoms with Crippen molar-refractivity contribution in [3.05, 3.63) is 11.6 Å². The molecular weight excluding hydrogens is 212 g/mol. The van der Waals surface area contributed by atoms with Crippen LogP contribution in [-0.4, -0.2) is 16.3 Å². The van der Waals surface area contributed by atoms with Gasteiger partial charge in [-0.15, -0.1) is 11.3 Å². The number of thiazole rings is 1. The van der Waals surface area contributed by atoms with E-state index in [-0.39, 0.29) is 11.5 Å². The molecule has 1 rings (SSSR count). The van der Waals surface area contributed by atoms with Crippen LogP contribution < -0.4 is 5.73 Å². The summed E-state index contributed by atoms with van der Waals surface area (Å²) in [4.78, 5) is 4.28. The quantitative estimate of drug-likeness (QED) is 0.811. The third-order valence-corrected chi connectivity index (χ3v) is 4.81. The summed E-state index contributed by atoms with van der Waals surface area (Å²) in [6, 6.07) is 0.184. The van der Waals surface area contributed by atoms with Gasteiger partial charge in [0, 0.05) is 22.9 Å². The normalized spacial score (nSPS) is 16.6. The van der Waals surface area contributed by atoms with E-state index in [2.05, 4.69) is 32.7 Å². The molecule has 0 amide bonds. The van der Waals surface area contributed by atoms with Gasteiger partial charge in [-0.3, -0.25) is 0 Å². The zero-order chi connectivity index (χ0) is 10.8. The second-order valence-corrected chi connectivity index (χ2v) is 6.84. The Hall–Kier alpha value is -0.0600. The van der Waals surface area contributed by atoms with Crippen LogP contribution in [0.1, 0.15) is 27.7 Å². The maximum Gasteiger partial charge on any atom is 0.150 e. The van der Waals surface area contributed by atoms with E-state index >= 15 is 0 Å². The third kappa shape index (κ3) is 3.26. The number of aromatic nitrogens is 1. The van der Waals surface area contributed by atoms with Gasteiger partial charge in [-0.05, 0) is 12.3 Å². The molecule has 2 atom stereocenters. The molecule has 0 spiro atoms. The second-order valence-electron chi connectivity index (χ2n) is 4.56. The predicted octanol–water partition coefficient (Wildman–Crippen LogP) is 3.00. The lowest BCUT2D eigenvalue weighted by Crippen LogP contribution is -2.38. The van der Waals surface area contributed by atoms with Gasteiger partial charge in [-0.25, -0.2) is 4.98 Å². The Balaban J connectivity index is 2.71. The van der Waals surface area contributed by atoms with E-state index in [9.17, 15) is 0 Å². The highest BCUT2D eigenvalue weighted by atomic mass is 32.2. The van der Waals surface area contributed by atoms with E-state index in [1.54, 1.807) is 23.1 Å². The Bertz CT molecular complexity index is 262. The molecule has 0 aliphatic heterocycles. The minimum Gasteiger partial charge on any atom is -0.327 e. The number of thioether (sulfide) groups is 1. The van der Waals surface area contributed by atoms with Gasteiger partial charge in [0.15, 0.2) is 0 Å². The van der Waals surface area contributed by atoms with Gasteiger partial charge in [-0.1, -0.05) is 32.5 Å². The van der Waals surface area contributed by atoms with Crippen LogP contribution in [0, 0.1) is 5.41 Å². The molecule has 0 bridgehead atoms. The van der Waals surface area contributed by atoms with Crippen molar-refractivity contribution >= 4 is 23.1 Å². The monoisotopic (exact) mass is 230 g/mol. The minimum atomic E-state index is 0.184. The van der Waals surface area contributed by atoms with Crippen LogP contribution in [0.15, 0.2) is 15.9 Å². The molecule has 0 radical (unpaired) electrons. The fourth-order valence-corrected chi connectivity index (χ4v) is 3.42. The number of hydrogen-bond acceptors (Lipinski definition) is 4. The zero-order valence-electron chi connectivity index (χ0n) is 9.15. The van der Waals surface area contributed by atoms with Crippen molar-refractivity contribution in [1.82, 2.24) is 4.98 Å². The highest BCUT2D eigenvalue weighted by molar-refractivity contribution is 8.01. The molecule has 0 aliphatic carbocycles. The SMILES string of the molecule is CC(N)C(Sc1nccs1)C(C)(C)C. The first-order valence-electron chi connectivity index (χ1n) is 4.73. The smallest absolute Gasteiger partial charge is 0.150 e. The molecule has 0 saturated carbocycles. The summed E-state index contributed by atoms with van der Waals surface area (Å²) < 4.78 is 1.11. The fraction of sp³-hybridized carbons (Fsp3) is 0.700. The van der Waals surface area contributed by atoms with Crippen LogP contribution in [0.2, 0.25) is 0 Å². The Kier molecular flexibility index (Phi) is 3.98. The standard InChI is InChI=1S/C10H18N2S2/c1-7(11)8(10(2,3)4)14-9-12-5-6-13-9/h5-8H,11H2,1-4H3. The first kappa shape index (κ1) is 12.0. The van der Waals surface area contributed by atoms with Crippen LogP contribution in [0.4, 0.5) is 0 Å². The van der Waals surface area contributed by atoms with Crippen molar-refractivity contribution in [3.8, 4) is 0 Å². The summed E-state index contributed by atoms with van der Waals surface area (Å²) >= 11 is 3.47. The van der Waals surface area contributed by atoms with Gasteiger partial charge >= 0.3 is 0 Å². The van der Waals surface area contributed by atoms with E-state index < -0.39 is 0 Å². The van der Waals surface area contributed by atoms with Crippen molar-refractivity contribution in [3.63, 3.8) is 0 Å². The third-order valence-electron chi connectivity index (χ3n) is 1.97. The summed E-state index contributed by atoms with van der Waals surface area (Å²) in [6.45, 7) is 8.74. The molecule has 0 fully saturated rings. The van der Waals surface area contributed by atoms with E-state index in [4.69, 9.17) is 5.73 Å². The Morgan fingerprint density at radius 3 is 2.50 bits per heavy atom. The summed E-state index contributed by atoms with van der Waals surface area (Å²) in [5, 5.41) is 2.41. The van der Waals surface area contributed by atoms with Crippen molar-refractivity contribution in [1.29, 1.82) is 0 Å². The van der Waals surface area contributed by atoms with Crippen LogP contribution in [-0.2, 0) is 0 Å². The van der Waals surface area contributed by atoms with Crippen LogP contribution in [0.5, 0.6) is 0 Å². The van der Waals surface area contributed by atoms with E-state index in [1.807, 2.05) is 11.6 Å². The van der Waals surface area contributed by atoms with Crippen LogP contribution in [0.25, 0.3) is 0 Å². The molecule has 4 heteroatoms. The first-order chi connectivity index (χ1) is 6.41. The van der Waals surface area contributed by atoms with Crippen LogP contribution >= 0.6 is 23.1 Å². The molecule has 0 aromatic carbocycles. The molecule has 80 valence electrons. The molecule has 1 aromatic heterocycles. The molecule has 2 nitrogen and oxygen atoms in total. The van der Waals surface area contributed by atoms with Gasteiger partial charge in [0.2, 0.25) is 0 Å². The number of nitrogens with two attached hydrogens (primary N) is 1. The van der Waals surface area contributed by atoms with Gasteiger partial charge in [-0.2, -0.15) is 0 Å². The number of nitrogens with zero attached hydrogens (tertiary/aromatic N) is 1. The highest BCUT2D eigenvalue weighted by Gasteiger charge is 2.29. The lowest BCUT2D eigenvalue weighted by molar-refractivity contribution is 0.363. The molecule has 2 unspecified atom stereocenters. The van der Waals surface area contributed by atoms with E-state index in [1.165, 1.54) is 0 Å². The fourth-order valence-electron chi connectivity index (χ4n) is 1.45. The zero-order valence-corrected chi connectivity index (χ0v) is 10.8. The predicted molar refractivity (Wildman–Crippen MR) is 64.9 cm³/mol. The van der Waals surface area contributed by atoms with Crippen molar-refractivity contribution in [2.24, 2.45) is 11.1 Å². The van der Waals surface area contributed by atoms with Crippen molar-refractivity contribution in [2.45, 2.75) is 43.3 Å². The summed E-state index contributed by atoms with van der Waals surface area (Å²) in [5.41, 5.74) is 6.21. The maximum absolute atomic E-state index is 6.00. The highest BCUT2D eigenvalue weighted by Crippen LogP contribution is 2.37. The number of rotatable bonds is 3. The Morgan fingerprint density at radius 1 is 1.50 bits per heavy atom. The molecule has 2 N–H and O–H groups in total. The van der Waals surface area contributed by atoms with Crippen molar-refractivity contribution < 1.29 is 0 Å². The molecular formula is C10H18N2S2. The second kappa shape index (κ2) is 4.64. The molecule has 0 saturated heterocycles. The van der Waals surface area contributed by atoms with E-state index in [0.29, 0.717) is 5.25 Å². The summed E-state index contributed by atoms with van der Waals surface area (Å²) in [5.74, 6) is 0. The van der Waals surface area contributed by atoms with Crippen LogP contribution in [0.3, 0.4) is 0 Å². The maximum atomic E-state index is 6.00. The summed E-state index contributed by atoms with van der Waals surface area (Å²) in [7, 11) is 0. The van der Waals surface area contributed by atoms with Gasteiger partial charge in [0.25, 0.3) is 0 Å². The molecule has 1 heterocycles. The Morgan fingerprint density at radius 2 is 2.14 bits per heavy atom. The summed E-state index contributed by atoms with van der Waals surface area (Å²) in [6.07, 6.45) is 1.84. The topological polar surface area (TPSA) is 38.9 Å². The number of hydrogen-bond donors (Lipinski definition) is 1. The average molecular weight is 230 g/mol. The average Bonchev–Trinajstić information content (AvgIpc) is 2.48. The van der Waals surface area contributed by atoms with E-state index in [0.717, 1.165) is 4.34 Å². The Labute approximate surface area is 94.3 Å². The lowest BCUT2D eigenvalue weighted by Gasteiger charge is -2.32. The van der Waals surface area contributed by atoms with Gasteiger partial charge in [0.05, 0.1) is 0 Å². The largest absolute Gasteiger partial charge is 0.327 e. The first-order valence-corrected chi connectivity index (χ1v) is 6.49. The molecule has 1 aromatic rings.